The summed E-state index contributed by atoms with van der Waals surface area (Å²) in [5, 5.41) is 12.4. The molecule has 1 aliphatic rings. The van der Waals surface area contributed by atoms with Crippen LogP contribution in [0.25, 0.3) is 0 Å². The Hall–Kier alpha value is -1.34. The van der Waals surface area contributed by atoms with Gasteiger partial charge in [0.1, 0.15) is 17.2 Å². The van der Waals surface area contributed by atoms with Gasteiger partial charge >= 0.3 is 12.1 Å². The van der Waals surface area contributed by atoms with Crippen LogP contribution < -0.4 is 5.32 Å². The van der Waals surface area contributed by atoms with Crippen molar-refractivity contribution in [2.45, 2.75) is 64.9 Å². The number of hydrogen-bond acceptors (Lipinski definition) is 6. The first-order valence-corrected chi connectivity index (χ1v) is 7.37. The fourth-order valence-electron chi connectivity index (χ4n) is 2.02. The summed E-state index contributed by atoms with van der Waals surface area (Å²) in [5.41, 5.74) is -1.39. The van der Waals surface area contributed by atoms with E-state index in [0.29, 0.717) is 0 Å². The average Bonchev–Trinajstić information content (AvgIpc) is 2.67. The number of aliphatic hydroxyl groups excluding tert-OH is 1. The van der Waals surface area contributed by atoms with Gasteiger partial charge in [0.15, 0.2) is 0 Å². The maximum Gasteiger partial charge on any atom is 0.408 e. The molecule has 0 saturated carbocycles. The second kappa shape index (κ2) is 6.83. The fourth-order valence-corrected chi connectivity index (χ4v) is 2.02. The Morgan fingerprint density at radius 3 is 2.05 bits per heavy atom. The third kappa shape index (κ3) is 6.19. The van der Waals surface area contributed by atoms with E-state index in [1.165, 1.54) is 0 Å². The Morgan fingerprint density at radius 2 is 1.64 bits per heavy atom. The number of rotatable bonds is 3. The lowest BCUT2D eigenvalue weighted by molar-refractivity contribution is -0.160. The predicted molar refractivity (Wildman–Crippen MR) is 79.3 cm³/mol. The second-order valence-electron chi connectivity index (χ2n) is 7.43. The van der Waals surface area contributed by atoms with Crippen LogP contribution in [-0.2, 0) is 19.0 Å². The molecular weight excluding hydrogens is 290 g/mol. The molecule has 1 aliphatic heterocycles. The smallest absolute Gasteiger partial charge is 0.408 e. The number of amides is 1. The Labute approximate surface area is 131 Å². The van der Waals surface area contributed by atoms with E-state index in [1.807, 2.05) is 0 Å². The van der Waals surface area contributed by atoms with Crippen LogP contribution in [0, 0.1) is 5.92 Å². The molecule has 0 aromatic rings. The molecule has 1 fully saturated rings. The molecule has 0 spiro atoms. The normalized spacial score (nSPS) is 23.8. The third-order valence-electron chi connectivity index (χ3n) is 2.85. The number of alkyl carbamates (subject to hydrolysis) is 1. The van der Waals surface area contributed by atoms with Crippen molar-refractivity contribution in [1.82, 2.24) is 5.32 Å². The van der Waals surface area contributed by atoms with Crippen LogP contribution in [0.2, 0.25) is 0 Å². The molecule has 0 aliphatic carbocycles. The molecule has 0 bridgehead atoms. The zero-order valence-electron chi connectivity index (χ0n) is 14.1. The van der Waals surface area contributed by atoms with Crippen molar-refractivity contribution in [2.24, 2.45) is 5.92 Å². The Morgan fingerprint density at radius 1 is 1.09 bits per heavy atom. The van der Waals surface area contributed by atoms with Gasteiger partial charge in [0.25, 0.3) is 0 Å². The molecule has 22 heavy (non-hydrogen) atoms. The van der Waals surface area contributed by atoms with Crippen molar-refractivity contribution in [3.05, 3.63) is 0 Å². The van der Waals surface area contributed by atoms with Crippen LogP contribution in [0.4, 0.5) is 4.79 Å². The van der Waals surface area contributed by atoms with E-state index in [0.717, 1.165) is 0 Å². The minimum Gasteiger partial charge on any atom is -0.458 e. The maximum atomic E-state index is 12.3. The van der Waals surface area contributed by atoms with E-state index < -0.39 is 41.3 Å². The molecule has 1 amide bonds. The van der Waals surface area contributed by atoms with Crippen molar-refractivity contribution in [1.29, 1.82) is 0 Å². The molecule has 3 atom stereocenters. The maximum absolute atomic E-state index is 12.3. The lowest BCUT2D eigenvalue weighted by atomic mass is 9.96. The first-order valence-electron chi connectivity index (χ1n) is 7.37. The highest BCUT2D eigenvalue weighted by Crippen LogP contribution is 2.21. The monoisotopic (exact) mass is 317 g/mol. The zero-order valence-corrected chi connectivity index (χ0v) is 14.1. The molecule has 128 valence electrons. The van der Waals surface area contributed by atoms with Gasteiger partial charge in [-0.15, -0.1) is 0 Å². The summed E-state index contributed by atoms with van der Waals surface area (Å²) in [7, 11) is 0. The first-order chi connectivity index (χ1) is 9.89. The molecule has 1 rings (SSSR count). The second-order valence-corrected chi connectivity index (χ2v) is 7.43. The Kier molecular flexibility index (Phi) is 5.81. The van der Waals surface area contributed by atoms with E-state index >= 15 is 0 Å². The SMILES string of the molecule is CC(C)(C)OC(=O)NC(C(=O)OC(C)(C)C)[C@@H]1COC[C@H]1O. The Bertz CT molecular complexity index is 409. The first kappa shape index (κ1) is 18.7. The van der Waals surface area contributed by atoms with E-state index in [2.05, 4.69) is 5.32 Å². The van der Waals surface area contributed by atoms with Crippen molar-refractivity contribution in [3.8, 4) is 0 Å². The van der Waals surface area contributed by atoms with Crippen LogP contribution in [0.3, 0.4) is 0 Å². The van der Waals surface area contributed by atoms with Gasteiger partial charge in [0, 0.05) is 5.92 Å². The van der Waals surface area contributed by atoms with Crippen molar-refractivity contribution in [3.63, 3.8) is 0 Å². The number of ether oxygens (including phenoxy) is 3. The summed E-state index contributed by atoms with van der Waals surface area (Å²) < 4.78 is 15.6. The summed E-state index contributed by atoms with van der Waals surface area (Å²) in [6.07, 6.45) is -1.57. The Balaban J connectivity index is 2.82. The molecule has 0 aromatic heterocycles. The fraction of sp³-hybridized carbons (Fsp3) is 0.867. The van der Waals surface area contributed by atoms with Gasteiger partial charge in [-0.25, -0.2) is 9.59 Å². The molecular formula is C15H27NO6. The molecule has 2 N–H and O–H groups in total. The quantitative estimate of drug-likeness (QED) is 0.760. The summed E-state index contributed by atoms with van der Waals surface area (Å²) >= 11 is 0. The topological polar surface area (TPSA) is 94.1 Å². The van der Waals surface area contributed by atoms with Crippen molar-refractivity contribution in [2.75, 3.05) is 13.2 Å². The van der Waals surface area contributed by atoms with E-state index in [9.17, 15) is 14.7 Å². The third-order valence-corrected chi connectivity index (χ3v) is 2.85. The summed E-state index contributed by atoms with van der Waals surface area (Å²) in [6.45, 7) is 10.7. The van der Waals surface area contributed by atoms with Gasteiger partial charge in [-0.05, 0) is 41.5 Å². The van der Waals surface area contributed by atoms with Crippen molar-refractivity contribution >= 4 is 12.1 Å². The highest BCUT2D eigenvalue weighted by Gasteiger charge is 2.41. The van der Waals surface area contributed by atoms with Crippen LogP contribution in [-0.4, -0.2) is 53.7 Å². The summed E-state index contributed by atoms with van der Waals surface area (Å²) in [5.74, 6) is -1.18. The number of hydrogen-bond donors (Lipinski definition) is 2. The minimum absolute atomic E-state index is 0.125. The van der Waals surface area contributed by atoms with Crippen molar-refractivity contribution < 1.29 is 28.9 Å². The van der Waals surface area contributed by atoms with E-state index in [4.69, 9.17) is 14.2 Å². The van der Waals surface area contributed by atoms with Gasteiger partial charge in [-0.2, -0.15) is 0 Å². The van der Waals surface area contributed by atoms with Crippen LogP contribution >= 0.6 is 0 Å². The number of nitrogens with one attached hydrogen (secondary N) is 1. The minimum atomic E-state index is -1.02. The number of esters is 1. The van der Waals surface area contributed by atoms with Gasteiger partial charge in [-0.1, -0.05) is 0 Å². The van der Waals surface area contributed by atoms with Gasteiger partial charge < -0.3 is 24.6 Å². The average molecular weight is 317 g/mol. The largest absolute Gasteiger partial charge is 0.458 e. The molecule has 0 radical (unpaired) electrons. The molecule has 7 nitrogen and oxygen atoms in total. The zero-order chi connectivity index (χ0) is 17.1. The molecule has 0 aromatic carbocycles. The van der Waals surface area contributed by atoms with Crippen LogP contribution in [0.15, 0.2) is 0 Å². The standard InChI is InChI=1S/C15H27NO6/c1-14(2,3)21-12(18)11(9-7-20-8-10(9)17)16-13(19)22-15(4,5)6/h9-11,17H,7-8H2,1-6H3,(H,16,19)/t9-,10-,11?/m1/s1. The summed E-state index contributed by atoms with van der Waals surface area (Å²) in [6, 6.07) is -1.02. The van der Waals surface area contributed by atoms with E-state index in [1.54, 1.807) is 41.5 Å². The van der Waals surface area contributed by atoms with Gasteiger partial charge in [0.2, 0.25) is 0 Å². The highest BCUT2D eigenvalue weighted by atomic mass is 16.6. The lowest BCUT2D eigenvalue weighted by Gasteiger charge is -2.29. The number of carbonyl (C=O) groups is 2. The van der Waals surface area contributed by atoms with Gasteiger partial charge in [-0.3, -0.25) is 0 Å². The summed E-state index contributed by atoms with van der Waals surface area (Å²) in [4.78, 5) is 24.3. The highest BCUT2D eigenvalue weighted by molar-refractivity contribution is 5.82. The van der Waals surface area contributed by atoms with E-state index in [-0.39, 0.29) is 13.2 Å². The number of carbonyl (C=O) groups excluding carboxylic acids is 2. The number of aliphatic hydroxyl groups is 1. The van der Waals surface area contributed by atoms with Crippen LogP contribution in [0.1, 0.15) is 41.5 Å². The molecule has 1 heterocycles. The van der Waals surface area contributed by atoms with Gasteiger partial charge in [0.05, 0.1) is 19.3 Å². The molecule has 1 unspecified atom stereocenters. The van der Waals surface area contributed by atoms with Crippen LogP contribution in [0.5, 0.6) is 0 Å². The molecule has 7 heteroatoms. The lowest BCUT2D eigenvalue weighted by Crippen LogP contribution is -2.52. The predicted octanol–water partition coefficient (Wildman–Crippen LogP) is 1.23. The molecule has 1 saturated heterocycles.